The van der Waals surface area contributed by atoms with Crippen LogP contribution in [0.3, 0.4) is 0 Å². The van der Waals surface area contributed by atoms with Crippen molar-refractivity contribution >= 4 is 11.6 Å². The summed E-state index contributed by atoms with van der Waals surface area (Å²) in [5, 5.41) is 2.93. The predicted molar refractivity (Wildman–Crippen MR) is 110 cm³/mol. The van der Waals surface area contributed by atoms with Crippen LogP contribution < -0.4 is 14.8 Å². The van der Waals surface area contributed by atoms with Gasteiger partial charge in [-0.2, -0.15) is 0 Å². The second kappa shape index (κ2) is 10.1. The zero-order valence-corrected chi connectivity index (χ0v) is 15.9. The van der Waals surface area contributed by atoms with Crippen LogP contribution in [0, 0.1) is 0 Å². The number of anilines is 1. The van der Waals surface area contributed by atoms with Gasteiger partial charge in [-0.25, -0.2) is 0 Å². The first-order valence-corrected chi connectivity index (χ1v) is 9.27. The van der Waals surface area contributed by atoms with Crippen molar-refractivity contribution in [3.63, 3.8) is 0 Å². The van der Waals surface area contributed by atoms with Crippen LogP contribution in [0.2, 0.25) is 0 Å². The first kappa shape index (κ1) is 19.4. The monoisotopic (exact) mass is 376 g/mol. The van der Waals surface area contributed by atoms with Crippen molar-refractivity contribution < 1.29 is 14.3 Å². The van der Waals surface area contributed by atoms with Gasteiger partial charge in [0.1, 0.15) is 11.5 Å². The maximum absolute atomic E-state index is 12.1. The average molecular weight is 376 g/mol. The Morgan fingerprint density at radius 3 is 2.21 bits per heavy atom. The SMILES string of the molecule is COc1ccc(OCCCC(=O)Nc2ccc(Cc3ccncc3)cc2)cc1. The molecule has 0 unspecified atom stereocenters. The Labute approximate surface area is 165 Å². The van der Waals surface area contributed by atoms with E-state index < -0.39 is 0 Å². The number of rotatable bonds is 9. The van der Waals surface area contributed by atoms with E-state index >= 15 is 0 Å². The van der Waals surface area contributed by atoms with E-state index in [0.717, 1.165) is 23.6 Å². The van der Waals surface area contributed by atoms with Crippen LogP contribution in [-0.4, -0.2) is 24.6 Å². The molecular weight excluding hydrogens is 352 g/mol. The average Bonchev–Trinajstić information content (AvgIpc) is 2.74. The summed E-state index contributed by atoms with van der Waals surface area (Å²) < 4.78 is 10.7. The van der Waals surface area contributed by atoms with Gasteiger partial charge >= 0.3 is 0 Å². The number of nitrogens with one attached hydrogen (secondary N) is 1. The molecule has 0 spiro atoms. The summed E-state index contributed by atoms with van der Waals surface area (Å²) in [5.41, 5.74) is 3.21. The molecule has 0 bridgehead atoms. The van der Waals surface area contributed by atoms with Gasteiger partial charge < -0.3 is 14.8 Å². The van der Waals surface area contributed by atoms with Crippen LogP contribution in [0.25, 0.3) is 0 Å². The minimum atomic E-state index is -0.0137. The zero-order chi connectivity index (χ0) is 19.6. The number of hydrogen-bond donors (Lipinski definition) is 1. The Hall–Kier alpha value is -3.34. The van der Waals surface area contributed by atoms with Gasteiger partial charge in [-0.15, -0.1) is 0 Å². The molecule has 0 aliphatic rings. The summed E-state index contributed by atoms with van der Waals surface area (Å²) in [6.07, 6.45) is 5.50. The Kier molecular flexibility index (Phi) is 7.01. The van der Waals surface area contributed by atoms with E-state index in [1.807, 2.05) is 60.7 Å². The third-order valence-electron chi connectivity index (χ3n) is 4.27. The van der Waals surface area contributed by atoms with E-state index in [9.17, 15) is 4.79 Å². The molecule has 3 aromatic rings. The number of carbonyl (C=O) groups is 1. The smallest absolute Gasteiger partial charge is 0.224 e. The highest BCUT2D eigenvalue weighted by molar-refractivity contribution is 5.90. The molecule has 5 heteroatoms. The number of carbonyl (C=O) groups excluding carboxylic acids is 1. The summed E-state index contributed by atoms with van der Waals surface area (Å²) in [6.45, 7) is 0.491. The highest BCUT2D eigenvalue weighted by Crippen LogP contribution is 2.17. The van der Waals surface area contributed by atoms with Gasteiger partial charge in [0.2, 0.25) is 5.91 Å². The van der Waals surface area contributed by atoms with Crippen LogP contribution in [0.1, 0.15) is 24.0 Å². The van der Waals surface area contributed by atoms with Gasteiger partial charge in [-0.1, -0.05) is 12.1 Å². The fraction of sp³-hybridized carbons (Fsp3) is 0.217. The molecule has 0 saturated carbocycles. The van der Waals surface area contributed by atoms with E-state index in [4.69, 9.17) is 9.47 Å². The third kappa shape index (κ3) is 6.13. The van der Waals surface area contributed by atoms with Gasteiger partial charge in [0, 0.05) is 24.5 Å². The van der Waals surface area contributed by atoms with Crippen molar-refractivity contribution in [2.75, 3.05) is 19.0 Å². The molecule has 3 rings (SSSR count). The lowest BCUT2D eigenvalue weighted by Crippen LogP contribution is -2.12. The van der Waals surface area contributed by atoms with Crippen molar-refractivity contribution in [3.05, 3.63) is 84.2 Å². The van der Waals surface area contributed by atoms with E-state index in [0.29, 0.717) is 19.4 Å². The van der Waals surface area contributed by atoms with Gasteiger partial charge in [0.25, 0.3) is 0 Å². The largest absolute Gasteiger partial charge is 0.497 e. The van der Waals surface area contributed by atoms with Crippen molar-refractivity contribution in [3.8, 4) is 11.5 Å². The summed E-state index contributed by atoms with van der Waals surface area (Å²) in [7, 11) is 1.63. The number of pyridine rings is 1. The first-order valence-electron chi connectivity index (χ1n) is 9.27. The predicted octanol–water partition coefficient (Wildman–Crippen LogP) is 4.48. The van der Waals surface area contributed by atoms with E-state index in [1.54, 1.807) is 19.5 Å². The molecule has 0 aliphatic carbocycles. The highest BCUT2D eigenvalue weighted by atomic mass is 16.5. The molecule has 1 amide bonds. The van der Waals surface area contributed by atoms with Crippen LogP contribution >= 0.6 is 0 Å². The number of ether oxygens (including phenoxy) is 2. The number of nitrogens with zero attached hydrogens (tertiary/aromatic N) is 1. The number of methoxy groups -OCH3 is 1. The lowest BCUT2D eigenvalue weighted by molar-refractivity contribution is -0.116. The number of amides is 1. The zero-order valence-electron chi connectivity index (χ0n) is 15.9. The molecule has 0 saturated heterocycles. The lowest BCUT2D eigenvalue weighted by atomic mass is 10.1. The maximum atomic E-state index is 12.1. The Bertz CT molecular complexity index is 863. The molecule has 1 heterocycles. The Balaban J connectivity index is 1.38. The summed E-state index contributed by atoms with van der Waals surface area (Å²) in [4.78, 5) is 16.1. The summed E-state index contributed by atoms with van der Waals surface area (Å²) >= 11 is 0. The molecule has 0 radical (unpaired) electrons. The minimum Gasteiger partial charge on any atom is -0.497 e. The summed E-state index contributed by atoms with van der Waals surface area (Å²) in [6, 6.07) is 19.3. The van der Waals surface area contributed by atoms with E-state index in [1.165, 1.54) is 11.1 Å². The standard InChI is InChI=1S/C23H24N2O3/c1-27-21-8-10-22(11-9-21)28-16-2-3-23(26)25-20-6-4-18(5-7-20)17-19-12-14-24-15-13-19/h4-15H,2-3,16-17H2,1H3,(H,25,26). The van der Waals surface area contributed by atoms with Crippen molar-refractivity contribution in [2.45, 2.75) is 19.3 Å². The molecule has 0 aliphatic heterocycles. The normalized spacial score (nSPS) is 10.3. The Morgan fingerprint density at radius 2 is 1.54 bits per heavy atom. The highest BCUT2D eigenvalue weighted by Gasteiger charge is 2.04. The summed E-state index contributed by atoms with van der Waals surface area (Å²) in [5.74, 6) is 1.55. The van der Waals surface area contributed by atoms with Crippen LogP contribution in [0.4, 0.5) is 5.69 Å². The molecule has 1 N–H and O–H groups in total. The van der Waals surface area contributed by atoms with Gasteiger partial charge in [0.15, 0.2) is 0 Å². The quantitative estimate of drug-likeness (QED) is 0.560. The molecule has 28 heavy (non-hydrogen) atoms. The number of aromatic nitrogens is 1. The molecule has 0 atom stereocenters. The van der Waals surface area contributed by atoms with Crippen molar-refractivity contribution in [1.82, 2.24) is 4.98 Å². The Morgan fingerprint density at radius 1 is 0.893 bits per heavy atom. The molecule has 2 aromatic carbocycles. The third-order valence-corrected chi connectivity index (χ3v) is 4.27. The van der Waals surface area contributed by atoms with Crippen LogP contribution in [-0.2, 0) is 11.2 Å². The molecular formula is C23H24N2O3. The number of benzene rings is 2. The topological polar surface area (TPSA) is 60.5 Å². The van der Waals surface area contributed by atoms with Crippen molar-refractivity contribution in [2.24, 2.45) is 0 Å². The second-order valence-electron chi connectivity index (χ2n) is 6.40. The first-order chi connectivity index (χ1) is 13.7. The van der Waals surface area contributed by atoms with E-state index in [2.05, 4.69) is 10.3 Å². The van der Waals surface area contributed by atoms with Gasteiger partial charge in [0.05, 0.1) is 13.7 Å². The lowest BCUT2D eigenvalue weighted by Gasteiger charge is -2.08. The fourth-order valence-corrected chi connectivity index (χ4v) is 2.76. The van der Waals surface area contributed by atoms with E-state index in [-0.39, 0.29) is 5.91 Å². The molecule has 5 nitrogen and oxygen atoms in total. The van der Waals surface area contributed by atoms with Crippen LogP contribution in [0.5, 0.6) is 11.5 Å². The van der Waals surface area contributed by atoms with Crippen LogP contribution in [0.15, 0.2) is 73.1 Å². The molecule has 0 fully saturated rings. The molecule has 144 valence electrons. The molecule has 1 aromatic heterocycles. The maximum Gasteiger partial charge on any atom is 0.224 e. The second-order valence-corrected chi connectivity index (χ2v) is 6.40. The van der Waals surface area contributed by atoms with Crippen molar-refractivity contribution in [1.29, 1.82) is 0 Å². The minimum absolute atomic E-state index is 0.0137. The number of hydrogen-bond acceptors (Lipinski definition) is 4. The van der Waals surface area contributed by atoms with Gasteiger partial charge in [-0.3, -0.25) is 9.78 Å². The van der Waals surface area contributed by atoms with Gasteiger partial charge in [-0.05, 0) is 72.5 Å². The fourth-order valence-electron chi connectivity index (χ4n) is 2.76.